The van der Waals surface area contributed by atoms with Gasteiger partial charge in [0.25, 0.3) is 5.91 Å². The minimum Gasteiger partial charge on any atom is -0.497 e. The first-order chi connectivity index (χ1) is 8.60. The van der Waals surface area contributed by atoms with E-state index >= 15 is 0 Å². The van der Waals surface area contributed by atoms with Crippen LogP contribution in [0.1, 0.15) is 37.0 Å². The molecule has 1 amide bonds. The van der Waals surface area contributed by atoms with E-state index in [4.69, 9.17) is 9.47 Å². The van der Waals surface area contributed by atoms with Crippen molar-refractivity contribution >= 4 is 5.91 Å². The lowest BCUT2D eigenvalue weighted by Crippen LogP contribution is -2.32. The Morgan fingerprint density at radius 3 is 2.22 bits per heavy atom. The molecule has 4 nitrogen and oxygen atoms in total. The van der Waals surface area contributed by atoms with Gasteiger partial charge in [0.1, 0.15) is 11.5 Å². The molecule has 18 heavy (non-hydrogen) atoms. The van der Waals surface area contributed by atoms with E-state index in [2.05, 4.69) is 12.2 Å². The third-order valence-corrected chi connectivity index (χ3v) is 2.71. The molecule has 0 radical (unpaired) electrons. The average molecular weight is 251 g/mol. The monoisotopic (exact) mass is 251 g/mol. The van der Waals surface area contributed by atoms with Crippen LogP contribution in [0, 0.1) is 0 Å². The Labute approximate surface area is 108 Å². The maximum atomic E-state index is 12.0. The minimum absolute atomic E-state index is 0.104. The van der Waals surface area contributed by atoms with E-state index in [1.165, 1.54) is 0 Å². The zero-order chi connectivity index (χ0) is 13.5. The van der Waals surface area contributed by atoms with Gasteiger partial charge in [-0.1, -0.05) is 13.3 Å². The number of carbonyl (C=O) groups is 1. The van der Waals surface area contributed by atoms with Gasteiger partial charge in [0, 0.05) is 17.7 Å². The standard InChI is InChI=1S/C14H21NO3/c1-5-6-10(2)15-14(16)11-7-12(17-3)9-13(8-11)18-4/h7-10H,5-6H2,1-4H3,(H,15,16)/t10-/m0/s1. The summed E-state index contributed by atoms with van der Waals surface area (Å²) < 4.78 is 10.3. The van der Waals surface area contributed by atoms with E-state index in [0.29, 0.717) is 17.1 Å². The van der Waals surface area contributed by atoms with Crippen LogP contribution in [0.2, 0.25) is 0 Å². The molecule has 1 N–H and O–H groups in total. The molecule has 1 aromatic carbocycles. The molecule has 0 aliphatic carbocycles. The normalized spacial score (nSPS) is 11.8. The van der Waals surface area contributed by atoms with Crippen molar-refractivity contribution in [2.75, 3.05) is 14.2 Å². The molecule has 0 spiro atoms. The number of methoxy groups -OCH3 is 2. The molecule has 0 bridgehead atoms. The Morgan fingerprint density at radius 1 is 1.22 bits per heavy atom. The van der Waals surface area contributed by atoms with E-state index in [1.807, 2.05) is 6.92 Å². The van der Waals surface area contributed by atoms with Crippen molar-refractivity contribution in [1.82, 2.24) is 5.32 Å². The van der Waals surface area contributed by atoms with E-state index < -0.39 is 0 Å². The number of amides is 1. The van der Waals surface area contributed by atoms with Gasteiger partial charge in [-0.2, -0.15) is 0 Å². The Bertz CT molecular complexity index is 382. The zero-order valence-electron chi connectivity index (χ0n) is 11.4. The van der Waals surface area contributed by atoms with Crippen molar-refractivity contribution in [3.8, 4) is 11.5 Å². The van der Waals surface area contributed by atoms with E-state index in [0.717, 1.165) is 12.8 Å². The summed E-state index contributed by atoms with van der Waals surface area (Å²) in [4.78, 5) is 12.0. The van der Waals surface area contributed by atoms with Crippen molar-refractivity contribution in [1.29, 1.82) is 0 Å². The quantitative estimate of drug-likeness (QED) is 0.845. The largest absolute Gasteiger partial charge is 0.497 e. The van der Waals surface area contributed by atoms with Crippen molar-refractivity contribution in [3.63, 3.8) is 0 Å². The molecule has 0 saturated carbocycles. The highest BCUT2D eigenvalue weighted by atomic mass is 16.5. The fourth-order valence-electron chi connectivity index (χ4n) is 1.75. The average Bonchev–Trinajstić information content (AvgIpc) is 2.38. The maximum Gasteiger partial charge on any atom is 0.251 e. The topological polar surface area (TPSA) is 47.6 Å². The number of benzene rings is 1. The van der Waals surface area contributed by atoms with Crippen molar-refractivity contribution in [3.05, 3.63) is 23.8 Å². The van der Waals surface area contributed by atoms with E-state index in [9.17, 15) is 4.79 Å². The molecule has 1 aromatic rings. The predicted molar refractivity (Wildman–Crippen MR) is 71.4 cm³/mol. The fourth-order valence-corrected chi connectivity index (χ4v) is 1.75. The van der Waals surface area contributed by atoms with Crippen LogP contribution < -0.4 is 14.8 Å². The van der Waals surface area contributed by atoms with Crippen LogP contribution >= 0.6 is 0 Å². The predicted octanol–water partition coefficient (Wildman–Crippen LogP) is 2.62. The summed E-state index contributed by atoms with van der Waals surface area (Å²) in [6.07, 6.45) is 2.01. The lowest BCUT2D eigenvalue weighted by Gasteiger charge is -2.14. The molecule has 1 rings (SSSR count). The van der Waals surface area contributed by atoms with Gasteiger partial charge in [-0.25, -0.2) is 0 Å². The van der Waals surface area contributed by atoms with Gasteiger partial charge in [-0.05, 0) is 25.5 Å². The van der Waals surface area contributed by atoms with Crippen LogP contribution in [-0.4, -0.2) is 26.2 Å². The Morgan fingerprint density at radius 2 is 1.78 bits per heavy atom. The molecule has 0 saturated heterocycles. The third-order valence-electron chi connectivity index (χ3n) is 2.71. The Kier molecular flexibility index (Phi) is 5.49. The first-order valence-corrected chi connectivity index (χ1v) is 6.14. The summed E-state index contributed by atoms with van der Waals surface area (Å²) in [7, 11) is 3.13. The second kappa shape index (κ2) is 6.89. The maximum absolute atomic E-state index is 12.0. The molecule has 0 unspecified atom stereocenters. The van der Waals surface area contributed by atoms with Crippen LogP contribution in [0.15, 0.2) is 18.2 Å². The second-order valence-electron chi connectivity index (χ2n) is 4.26. The zero-order valence-corrected chi connectivity index (χ0v) is 11.4. The summed E-state index contributed by atoms with van der Waals surface area (Å²) in [6, 6.07) is 5.32. The van der Waals surface area contributed by atoms with Gasteiger partial charge < -0.3 is 14.8 Å². The van der Waals surface area contributed by atoms with Crippen molar-refractivity contribution in [2.24, 2.45) is 0 Å². The van der Waals surface area contributed by atoms with Crippen LogP contribution in [0.25, 0.3) is 0 Å². The lowest BCUT2D eigenvalue weighted by molar-refractivity contribution is 0.0937. The Balaban J connectivity index is 2.84. The molecule has 1 atom stereocenters. The number of ether oxygens (including phenoxy) is 2. The highest BCUT2D eigenvalue weighted by molar-refractivity contribution is 5.95. The summed E-state index contributed by atoms with van der Waals surface area (Å²) >= 11 is 0. The number of rotatable bonds is 6. The number of hydrogen-bond donors (Lipinski definition) is 1. The third kappa shape index (κ3) is 3.95. The smallest absolute Gasteiger partial charge is 0.251 e. The molecule has 0 fully saturated rings. The highest BCUT2D eigenvalue weighted by Gasteiger charge is 2.12. The van der Waals surface area contributed by atoms with Gasteiger partial charge in [0.15, 0.2) is 0 Å². The molecule has 0 heterocycles. The minimum atomic E-state index is -0.104. The summed E-state index contributed by atoms with van der Waals surface area (Å²) in [6.45, 7) is 4.09. The Hall–Kier alpha value is -1.71. The number of hydrogen-bond acceptors (Lipinski definition) is 3. The first kappa shape index (κ1) is 14.4. The molecular weight excluding hydrogens is 230 g/mol. The summed E-state index contributed by atoms with van der Waals surface area (Å²) in [5.41, 5.74) is 0.550. The van der Waals surface area contributed by atoms with Gasteiger partial charge in [0.05, 0.1) is 14.2 Å². The molecule has 0 aromatic heterocycles. The van der Waals surface area contributed by atoms with Gasteiger partial charge in [-0.15, -0.1) is 0 Å². The van der Waals surface area contributed by atoms with Gasteiger partial charge in [-0.3, -0.25) is 4.79 Å². The fraction of sp³-hybridized carbons (Fsp3) is 0.500. The molecule has 100 valence electrons. The van der Waals surface area contributed by atoms with Crippen LogP contribution in [0.4, 0.5) is 0 Å². The molecule has 4 heteroatoms. The highest BCUT2D eigenvalue weighted by Crippen LogP contribution is 2.22. The number of carbonyl (C=O) groups excluding carboxylic acids is 1. The number of nitrogens with one attached hydrogen (secondary N) is 1. The van der Waals surface area contributed by atoms with Crippen LogP contribution in [-0.2, 0) is 0 Å². The molecule has 0 aliphatic rings. The first-order valence-electron chi connectivity index (χ1n) is 6.14. The van der Waals surface area contributed by atoms with E-state index in [1.54, 1.807) is 32.4 Å². The van der Waals surface area contributed by atoms with Gasteiger partial charge in [0.2, 0.25) is 0 Å². The lowest BCUT2D eigenvalue weighted by atomic mass is 10.1. The summed E-state index contributed by atoms with van der Waals surface area (Å²) in [5.74, 6) is 1.12. The summed E-state index contributed by atoms with van der Waals surface area (Å²) in [5, 5.41) is 2.95. The molecule has 0 aliphatic heterocycles. The van der Waals surface area contributed by atoms with E-state index in [-0.39, 0.29) is 11.9 Å². The van der Waals surface area contributed by atoms with Crippen molar-refractivity contribution < 1.29 is 14.3 Å². The molecular formula is C14H21NO3. The van der Waals surface area contributed by atoms with Crippen LogP contribution in [0.5, 0.6) is 11.5 Å². The second-order valence-corrected chi connectivity index (χ2v) is 4.26. The van der Waals surface area contributed by atoms with Crippen LogP contribution in [0.3, 0.4) is 0 Å². The van der Waals surface area contributed by atoms with Crippen molar-refractivity contribution in [2.45, 2.75) is 32.7 Å². The SMILES string of the molecule is CCC[C@H](C)NC(=O)c1cc(OC)cc(OC)c1. The van der Waals surface area contributed by atoms with Gasteiger partial charge >= 0.3 is 0 Å².